The highest BCUT2D eigenvalue weighted by atomic mass is 127. The molecule has 2 aromatic heterocycles. The molecule has 1 aliphatic rings. The van der Waals surface area contributed by atoms with E-state index in [9.17, 15) is 0 Å². The van der Waals surface area contributed by atoms with Gasteiger partial charge < -0.3 is 4.74 Å². The van der Waals surface area contributed by atoms with Crippen molar-refractivity contribution < 1.29 is 4.74 Å². The van der Waals surface area contributed by atoms with Gasteiger partial charge in [-0.05, 0) is 54.2 Å². The summed E-state index contributed by atoms with van der Waals surface area (Å²) in [5.74, 6) is 0. The second-order valence-corrected chi connectivity index (χ2v) is 6.36. The normalized spacial score (nSPS) is 19.2. The summed E-state index contributed by atoms with van der Waals surface area (Å²) in [6.07, 6.45) is 9.22. The molecule has 0 bridgehead atoms. The van der Waals surface area contributed by atoms with E-state index >= 15 is 0 Å². The van der Waals surface area contributed by atoms with Gasteiger partial charge in [0.15, 0.2) is 5.16 Å². The van der Waals surface area contributed by atoms with Gasteiger partial charge in [-0.1, -0.05) is 11.8 Å². The summed E-state index contributed by atoms with van der Waals surface area (Å²) in [5, 5.41) is 5.36. The van der Waals surface area contributed by atoms with E-state index in [1.165, 1.54) is 6.42 Å². The van der Waals surface area contributed by atoms with Crippen molar-refractivity contribution in [3.8, 4) is 11.3 Å². The monoisotopic (exact) mass is 402 g/mol. The zero-order valence-corrected chi connectivity index (χ0v) is 14.1. The van der Waals surface area contributed by atoms with Gasteiger partial charge in [0.1, 0.15) is 9.93 Å². The Labute approximate surface area is 135 Å². The van der Waals surface area contributed by atoms with Crippen molar-refractivity contribution in [2.75, 3.05) is 12.9 Å². The number of hydrogen-bond donors (Lipinski definition) is 0. The molecule has 1 fully saturated rings. The van der Waals surface area contributed by atoms with E-state index in [1.54, 1.807) is 18.0 Å². The fraction of sp³-hybridized carbons (Fsp3) is 0.462. The van der Waals surface area contributed by atoms with Gasteiger partial charge in [0.25, 0.3) is 0 Å². The average Bonchev–Trinajstić information content (AvgIpc) is 2.90. The highest BCUT2D eigenvalue weighted by Gasteiger charge is 2.19. The molecule has 7 heteroatoms. The molecule has 0 spiro atoms. The average molecular weight is 402 g/mol. The summed E-state index contributed by atoms with van der Waals surface area (Å²) >= 11 is 3.79. The van der Waals surface area contributed by atoms with Gasteiger partial charge in [-0.2, -0.15) is 5.10 Å². The molecule has 1 atom stereocenters. The SMILES string of the molecule is CSc1nccc(-c2cn([C@@H]3CCCCO3)nc2I)n1. The molecule has 0 saturated carbocycles. The van der Waals surface area contributed by atoms with Crippen molar-refractivity contribution in [3.63, 3.8) is 0 Å². The van der Waals surface area contributed by atoms with Crippen molar-refractivity contribution in [1.29, 1.82) is 0 Å². The van der Waals surface area contributed by atoms with E-state index in [0.29, 0.717) is 0 Å². The maximum absolute atomic E-state index is 5.77. The molecule has 1 aliphatic heterocycles. The zero-order chi connectivity index (χ0) is 13.9. The first-order valence-corrected chi connectivity index (χ1v) is 8.82. The molecule has 0 radical (unpaired) electrons. The summed E-state index contributed by atoms with van der Waals surface area (Å²) in [6, 6.07) is 1.92. The Bertz CT molecular complexity index is 598. The van der Waals surface area contributed by atoms with Crippen LogP contribution in [-0.2, 0) is 4.74 Å². The maximum Gasteiger partial charge on any atom is 0.187 e. The Morgan fingerprint density at radius 2 is 2.35 bits per heavy atom. The predicted molar refractivity (Wildman–Crippen MR) is 86.6 cm³/mol. The topological polar surface area (TPSA) is 52.8 Å². The Kier molecular flexibility index (Phi) is 4.57. The van der Waals surface area contributed by atoms with Crippen molar-refractivity contribution in [3.05, 3.63) is 22.2 Å². The number of hydrogen-bond acceptors (Lipinski definition) is 5. The van der Waals surface area contributed by atoms with Crippen LogP contribution in [0.15, 0.2) is 23.6 Å². The van der Waals surface area contributed by atoms with E-state index in [1.807, 2.05) is 23.2 Å². The first kappa shape index (κ1) is 14.3. The van der Waals surface area contributed by atoms with Gasteiger partial charge in [-0.15, -0.1) is 0 Å². The second-order valence-electron chi connectivity index (χ2n) is 4.56. The molecule has 3 rings (SSSR count). The van der Waals surface area contributed by atoms with Crippen molar-refractivity contribution in [2.24, 2.45) is 0 Å². The van der Waals surface area contributed by atoms with Gasteiger partial charge >= 0.3 is 0 Å². The Morgan fingerprint density at radius 1 is 1.45 bits per heavy atom. The molecule has 0 aromatic carbocycles. The first-order chi connectivity index (χ1) is 9.78. The number of ether oxygens (including phenoxy) is 1. The fourth-order valence-corrected chi connectivity index (χ4v) is 3.23. The molecule has 0 amide bonds. The van der Waals surface area contributed by atoms with Crippen LogP contribution in [0, 0.1) is 3.70 Å². The lowest BCUT2D eigenvalue weighted by atomic mass is 10.2. The number of halogens is 1. The highest BCUT2D eigenvalue weighted by molar-refractivity contribution is 14.1. The van der Waals surface area contributed by atoms with Gasteiger partial charge in [-0.3, -0.25) is 0 Å². The lowest BCUT2D eigenvalue weighted by molar-refractivity contribution is -0.0396. The van der Waals surface area contributed by atoms with Crippen molar-refractivity contribution in [1.82, 2.24) is 19.7 Å². The highest BCUT2D eigenvalue weighted by Crippen LogP contribution is 2.28. The van der Waals surface area contributed by atoms with Gasteiger partial charge in [0, 0.05) is 19.0 Å². The summed E-state index contributed by atoms with van der Waals surface area (Å²) < 4.78 is 8.65. The summed E-state index contributed by atoms with van der Waals surface area (Å²) in [6.45, 7) is 0.820. The molecule has 0 aliphatic carbocycles. The van der Waals surface area contributed by atoms with Crippen LogP contribution in [0.4, 0.5) is 0 Å². The van der Waals surface area contributed by atoms with Crippen LogP contribution in [0.3, 0.4) is 0 Å². The minimum Gasteiger partial charge on any atom is -0.357 e. The molecule has 1 saturated heterocycles. The van der Waals surface area contributed by atoms with Crippen molar-refractivity contribution in [2.45, 2.75) is 30.6 Å². The van der Waals surface area contributed by atoms with Crippen molar-refractivity contribution >= 4 is 34.4 Å². The molecule has 20 heavy (non-hydrogen) atoms. The van der Waals surface area contributed by atoms with Gasteiger partial charge in [0.05, 0.1) is 11.3 Å². The maximum atomic E-state index is 5.77. The van der Waals surface area contributed by atoms with Crippen LogP contribution in [0.5, 0.6) is 0 Å². The third kappa shape index (κ3) is 2.99. The van der Waals surface area contributed by atoms with E-state index < -0.39 is 0 Å². The van der Waals surface area contributed by atoms with E-state index in [4.69, 9.17) is 4.74 Å². The largest absolute Gasteiger partial charge is 0.357 e. The number of thioether (sulfide) groups is 1. The lowest BCUT2D eigenvalue weighted by Gasteiger charge is -2.22. The third-order valence-electron chi connectivity index (χ3n) is 3.23. The Morgan fingerprint density at radius 3 is 3.10 bits per heavy atom. The smallest absolute Gasteiger partial charge is 0.187 e. The Hall–Kier alpha value is -0.670. The number of rotatable bonds is 3. The summed E-state index contributed by atoms with van der Waals surface area (Å²) in [7, 11) is 0. The molecule has 3 heterocycles. The fourth-order valence-electron chi connectivity index (χ4n) is 2.21. The molecule has 106 valence electrons. The first-order valence-electron chi connectivity index (χ1n) is 6.51. The van der Waals surface area contributed by atoms with Gasteiger partial charge in [0.2, 0.25) is 0 Å². The summed E-state index contributed by atoms with van der Waals surface area (Å²) in [4.78, 5) is 8.74. The molecule has 2 aromatic rings. The standard InChI is InChI=1S/C13H15IN4OS/c1-20-13-15-6-5-10(16-13)9-8-18(17-12(9)14)11-4-2-3-7-19-11/h5-6,8,11H,2-4,7H2,1H3/t11-/m0/s1. The zero-order valence-electron chi connectivity index (χ0n) is 11.1. The van der Waals surface area contributed by atoms with Crippen LogP contribution in [0.1, 0.15) is 25.5 Å². The molecule has 0 N–H and O–H groups in total. The number of aromatic nitrogens is 4. The van der Waals surface area contributed by atoms with E-state index in [2.05, 4.69) is 37.7 Å². The second kappa shape index (κ2) is 6.40. The van der Waals surface area contributed by atoms with Gasteiger partial charge in [-0.25, -0.2) is 14.6 Å². The molecular formula is C13H15IN4OS. The molecule has 0 unspecified atom stereocenters. The van der Waals surface area contributed by atoms with Crippen LogP contribution in [-0.4, -0.2) is 32.6 Å². The molecule has 5 nitrogen and oxygen atoms in total. The van der Waals surface area contributed by atoms with Crippen LogP contribution >= 0.6 is 34.4 Å². The third-order valence-corrected chi connectivity index (χ3v) is 4.59. The van der Waals surface area contributed by atoms with Crippen LogP contribution in [0.2, 0.25) is 0 Å². The predicted octanol–water partition coefficient (Wildman–Crippen LogP) is 3.37. The quantitative estimate of drug-likeness (QED) is 0.448. The molecular weight excluding hydrogens is 387 g/mol. The Balaban J connectivity index is 1.91. The lowest BCUT2D eigenvalue weighted by Crippen LogP contribution is -2.18. The number of nitrogens with zero attached hydrogens (tertiary/aromatic N) is 4. The summed E-state index contributed by atoms with van der Waals surface area (Å²) in [5.41, 5.74) is 1.95. The van der Waals surface area contributed by atoms with E-state index in [-0.39, 0.29) is 6.23 Å². The minimum atomic E-state index is 0.0628. The minimum absolute atomic E-state index is 0.0628. The van der Waals surface area contributed by atoms with E-state index in [0.717, 1.165) is 39.6 Å². The van der Waals surface area contributed by atoms with Crippen LogP contribution < -0.4 is 0 Å². The van der Waals surface area contributed by atoms with Crippen LogP contribution in [0.25, 0.3) is 11.3 Å².